The standard InChI is InChI=1S/C23H22N2O4/c1-4-9-25-22(26)20(17-7-5-14(2)12-15(17)3)21(23(25)27)24-16-6-8-18-19(13-16)29-11-10-28-18/h4-8,12-13,24H,1,9-11H2,2-3H3. The van der Waals surface area contributed by atoms with Crippen LogP contribution < -0.4 is 14.8 Å². The van der Waals surface area contributed by atoms with E-state index in [0.29, 0.717) is 36.0 Å². The van der Waals surface area contributed by atoms with E-state index in [9.17, 15) is 9.59 Å². The minimum absolute atomic E-state index is 0.151. The molecule has 1 N–H and O–H groups in total. The highest BCUT2D eigenvalue weighted by molar-refractivity contribution is 6.36. The molecule has 2 heterocycles. The number of benzene rings is 2. The Balaban J connectivity index is 1.79. The van der Waals surface area contributed by atoms with Crippen LogP contribution in [0.3, 0.4) is 0 Å². The molecule has 0 spiro atoms. The van der Waals surface area contributed by atoms with Crippen LogP contribution in [0.4, 0.5) is 5.69 Å². The predicted octanol–water partition coefficient (Wildman–Crippen LogP) is 3.45. The maximum atomic E-state index is 13.1. The van der Waals surface area contributed by atoms with E-state index in [1.807, 2.05) is 32.0 Å². The van der Waals surface area contributed by atoms with Crippen molar-refractivity contribution in [3.05, 3.63) is 71.4 Å². The van der Waals surface area contributed by atoms with Crippen LogP contribution >= 0.6 is 0 Å². The predicted molar refractivity (Wildman–Crippen MR) is 111 cm³/mol. The van der Waals surface area contributed by atoms with Gasteiger partial charge >= 0.3 is 0 Å². The summed E-state index contributed by atoms with van der Waals surface area (Å²) in [4.78, 5) is 27.3. The summed E-state index contributed by atoms with van der Waals surface area (Å²) in [6.45, 7) is 8.71. The zero-order valence-electron chi connectivity index (χ0n) is 16.5. The summed E-state index contributed by atoms with van der Waals surface area (Å²) >= 11 is 0. The van der Waals surface area contributed by atoms with E-state index < -0.39 is 0 Å². The molecule has 0 aromatic heterocycles. The maximum absolute atomic E-state index is 13.1. The second-order valence-corrected chi connectivity index (χ2v) is 7.06. The van der Waals surface area contributed by atoms with Crippen molar-refractivity contribution < 1.29 is 19.1 Å². The van der Waals surface area contributed by atoms with Gasteiger partial charge in [-0.1, -0.05) is 29.8 Å². The summed E-state index contributed by atoms with van der Waals surface area (Å²) in [6.07, 6.45) is 1.54. The van der Waals surface area contributed by atoms with Gasteiger partial charge in [0.1, 0.15) is 18.9 Å². The van der Waals surface area contributed by atoms with Gasteiger partial charge in [-0.05, 0) is 37.1 Å². The number of imide groups is 1. The Hall–Kier alpha value is -3.54. The number of aryl methyl sites for hydroxylation is 2. The Morgan fingerprint density at radius 1 is 1.03 bits per heavy atom. The molecular formula is C23H22N2O4. The molecule has 6 nitrogen and oxygen atoms in total. The van der Waals surface area contributed by atoms with E-state index >= 15 is 0 Å². The van der Waals surface area contributed by atoms with Crippen molar-refractivity contribution in [2.75, 3.05) is 25.1 Å². The number of nitrogens with zero attached hydrogens (tertiary/aromatic N) is 1. The lowest BCUT2D eigenvalue weighted by atomic mass is 9.97. The average Bonchev–Trinajstić information content (AvgIpc) is 2.93. The Morgan fingerprint density at radius 3 is 2.52 bits per heavy atom. The third-order valence-corrected chi connectivity index (χ3v) is 4.94. The molecular weight excluding hydrogens is 368 g/mol. The van der Waals surface area contributed by atoms with Crippen LogP contribution in [0.1, 0.15) is 16.7 Å². The maximum Gasteiger partial charge on any atom is 0.278 e. The van der Waals surface area contributed by atoms with Crippen molar-refractivity contribution in [1.29, 1.82) is 0 Å². The van der Waals surface area contributed by atoms with Gasteiger partial charge in [0, 0.05) is 18.3 Å². The highest BCUT2D eigenvalue weighted by Crippen LogP contribution is 2.36. The Bertz CT molecular complexity index is 1050. The van der Waals surface area contributed by atoms with E-state index in [0.717, 1.165) is 16.7 Å². The molecule has 0 unspecified atom stereocenters. The van der Waals surface area contributed by atoms with E-state index in [2.05, 4.69) is 11.9 Å². The van der Waals surface area contributed by atoms with Crippen LogP contribution in [-0.4, -0.2) is 36.5 Å². The number of hydrogen-bond donors (Lipinski definition) is 1. The second kappa shape index (κ2) is 7.47. The third kappa shape index (κ3) is 3.38. The van der Waals surface area contributed by atoms with Gasteiger partial charge in [0.05, 0.1) is 5.57 Å². The van der Waals surface area contributed by atoms with Gasteiger partial charge < -0.3 is 14.8 Å². The first-order chi connectivity index (χ1) is 14.0. The van der Waals surface area contributed by atoms with Crippen molar-refractivity contribution in [3.63, 3.8) is 0 Å². The van der Waals surface area contributed by atoms with Gasteiger partial charge in [0.15, 0.2) is 11.5 Å². The summed E-state index contributed by atoms with van der Waals surface area (Å²) in [6, 6.07) is 11.2. The van der Waals surface area contributed by atoms with Crippen LogP contribution in [0.15, 0.2) is 54.8 Å². The molecule has 0 atom stereocenters. The van der Waals surface area contributed by atoms with Crippen LogP contribution in [-0.2, 0) is 9.59 Å². The lowest BCUT2D eigenvalue weighted by Gasteiger charge is -2.19. The minimum atomic E-state index is -0.375. The SMILES string of the molecule is C=CCN1C(=O)C(Nc2ccc3c(c2)OCCO3)=C(c2ccc(C)cc2C)C1=O. The fourth-order valence-corrected chi connectivity index (χ4v) is 3.60. The molecule has 0 saturated heterocycles. The van der Waals surface area contributed by atoms with Crippen molar-refractivity contribution in [3.8, 4) is 11.5 Å². The smallest absolute Gasteiger partial charge is 0.278 e. The molecule has 6 heteroatoms. The van der Waals surface area contributed by atoms with Crippen LogP contribution in [0.2, 0.25) is 0 Å². The van der Waals surface area contributed by atoms with Crippen molar-refractivity contribution in [2.24, 2.45) is 0 Å². The molecule has 29 heavy (non-hydrogen) atoms. The molecule has 2 aliphatic heterocycles. The van der Waals surface area contributed by atoms with Gasteiger partial charge in [0.2, 0.25) is 0 Å². The molecule has 2 aromatic rings. The first kappa shape index (κ1) is 18.8. The van der Waals surface area contributed by atoms with Crippen LogP contribution in [0.25, 0.3) is 5.57 Å². The highest BCUT2D eigenvalue weighted by atomic mass is 16.6. The quantitative estimate of drug-likeness (QED) is 0.626. The number of rotatable bonds is 5. The number of nitrogens with one attached hydrogen (secondary N) is 1. The monoisotopic (exact) mass is 390 g/mol. The summed E-state index contributed by atoms with van der Waals surface area (Å²) in [5.41, 5.74) is 4.02. The van der Waals surface area contributed by atoms with Gasteiger partial charge in [-0.2, -0.15) is 0 Å². The summed E-state index contributed by atoms with van der Waals surface area (Å²) in [5.74, 6) is 0.559. The molecule has 4 rings (SSSR count). The Morgan fingerprint density at radius 2 is 1.79 bits per heavy atom. The summed E-state index contributed by atoms with van der Waals surface area (Å²) in [7, 11) is 0. The number of carbonyl (C=O) groups is 2. The molecule has 2 aromatic carbocycles. The first-order valence-corrected chi connectivity index (χ1v) is 9.45. The lowest BCUT2D eigenvalue weighted by Crippen LogP contribution is -2.32. The molecule has 0 bridgehead atoms. The Kier molecular flexibility index (Phi) is 4.84. The first-order valence-electron chi connectivity index (χ1n) is 9.45. The largest absolute Gasteiger partial charge is 0.486 e. The van der Waals surface area contributed by atoms with Gasteiger partial charge in [-0.25, -0.2) is 0 Å². The van der Waals surface area contributed by atoms with E-state index in [1.54, 1.807) is 24.3 Å². The summed E-state index contributed by atoms with van der Waals surface area (Å²) in [5, 5.41) is 3.15. The zero-order valence-corrected chi connectivity index (χ0v) is 16.5. The number of ether oxygens (including phenoxy) is 2. The Labute approximate surface area is 169 Å². The van der Waals surface area contributed by atoms with E-state index in [-0.39, 0.29) is 24.1 Å². The van der Waals surface area contributed by atoms with Crippen LogP contribution in [0.5, 0.6) is 11.5 Å². The minimum Gasteiger partial charge on any atom is -0.486 e. The normalized spacial score (nSPS) is 15.7. The van der Waals surface area contributed by atoms with Gasteiger partial charge in [0.25, 0.3) is 11.8 Å². The number of anilines is 1. The van der Waals surface area contributed by atoms with Crippen molar-refractivity contribution in [1.82, 2.24) is 4.90 Å². The van der Waals surface area contributed by atoms with Crippen molar-refractivity contribution in [2.45, 2.75) is 13.8 Å². The van der Waals surface area contributed by atoms with Crippen LogP contribution in [0, 0.1) is 13.8 Å². The zero-order chi connectivity index (χ0) is 20.5. The fourth-order valence-electron chi connectivity index (χ4n) is 3.60. The molecule has 0 aliphatic carbocycles. The van der Waals surface area contributed by atoms with E-state index in [4.69, 9.17) is 9.47 Å². The number of carbonyl (C=O) groups excluding carboxylic acids is 2. The highest BCUT2D eigenvalue weighted by Gasteiger charge is 2.39. The average molecular weight is 390 g/mol. The molecule has 0 radical (unpaired) electrons. The molecule has 2 aliphatic rings. The summed E-state index contributed by atoms with van der Waals surface area (Å²) < 4.78 is 11.2. The van der Waals surface area contributed by atoms with Gasteiger partial charge in [-0.3, -0.25) is 14.5 Å². The lowest BCUT2D eigenvalue weighted by molar-refractivity contribution is -0.136. The number of fused-ring (bicyclic) bond motifs is 1. The fraction of sp³-hybridized carbons (Fsp3) is 0.217. The number of amides is 2. The molecule has 0 fully saturated rings. The topological polar surface area (TPSA) is 67.9 Å². The van der Waals surface area contributed by atoms with E-state index in [1.165, 1.54) is 4.90 Å². The van der Waals surface area contributed by atoms with Crippen molar-refractivity contribution >= 4 is 23.1 Å². The molecule has 148 valence electrons. The third-order valence-electron chi connectivity index (χ3n) is 4.94. The second-order valence-electron chi connectivity index (χ2n) is 7.06. The molecule has 2 amide bonds. The van der Waals surface area contributed by atoms with Gasteiger partial charge in [-0.15, -0.1) is 6.58 Å². The number of hydrogen-bond acceptors (Lipinski definition) is 5. The molecule has 0 saturated carbocycles.